The summed E-state index contributed by atoms with van der Waals surface area (Å²) in [6.45, 7) is 4.09. The van der Waals surface area contributed by atoms with Crippen LogP contribution < -0.4 is 4.74 Å². The summed E-state index contributed by atoms with van der Waals surface area (Å²) in [4.78, 5) is 11.9. The largest absolute Gasteiger partial charge is 0.507 e. The van der Waals surface area contributed by atoms with Crippen LogP contribution in [0.3, 0.4) is 0 Å². The van der Waals surface area contributed by atoms with Gasteiger partial charge in [0, 0.05) is 5.56 Å². The molecule has 0 spiro atoms. The Balaban J connectivity index is 2.09. The fraction of sp³-hybridized carbons (Fsp3) is 0.150. The van der Waals surface area contributed by atoms with Gasteiger partial charge in [-0.1, -0.05) is 24.3 Å². The maximum atomic E-state index is 11.9. The highest BCUT2D eigenvalue weighted by Gasteiger charge is 2.00. The molecule has 0 unspecified atom stereocenters. The molecular formula is C20H20O3. The number of ketones is 1. The zero-order valence-corrected chi connectivity index (χ0v) is 13.5. The van der Waals surface area contributed by atoms with E-state index in [0.29, 0.717) is 11.3 Å². The highest BCUT2D eigenvalue weighted by atomic mass is 16.5. The molecule has 0 heterocycles. The fourth-order valence-corrected chi connectivity index (χ4v) is 2.07. The number of carbonyl (C=O) groups is 1. The van der Waals surface area contributed by atoms with E-state index in [1.807, 2.05) is 25.1 Å². The molecule has 23 heavy (non-hydrogen) atoms. The second kappa shape index (κ2) is 7.45. The Labute approximate surface area is 136 Å². The number of benzene rings is 2. The van der Waals surface area contributed by atoms with E-state index < -0.39 is 0 Å². The number of aryl methyl sites for hydroxylation is 2. The predicted molar refractivity (Wildman–Crippen MR) is 93.6 cm³/mol. The third-order valence-electron chi connectivity index (χ3n) is 3.63. The van der Waals surface area contributed by atoms with Gasteiger partial charge in [-0.3, -0.25) is 4.79 Å². The number of ether oxygens (including phenoxy) is 1. The summed E-state index contributed by atoms with van der Waals surface area (Å²) in [6.07, 6.45) is 6.29. The van der Waals surface area contributed by atoms with Crippen LogP contribution in [0.25, 0.3) is 12.2 Å². The van der Waals surface area contributed by atoms with Crippen molar-refractivity contribution in [2.24, 2.45) is 0 Å². The SMILES string of the molecule is COc1ccc(O)c(/C=C/C(=O)/C=C/c2ccc(C)c(C)c2)c1. The van der Waals surface area contributed by atoms with Gasteiger partial charge in [-0.25, -0.2) is 0 Å². The van der Waals surface area contributed by atoms with Crippen molar-refractivity contribution in [1.29, 1.82) is 0 Å². The van der Waals surface area contributed by atoms with Gasteiger partial charge in [0.15, 0.2) is 5.78 Å². The molecule has 0 saturated carbocycles. The van der Waals surface area contributed by atoms with Crippen molar-refractivity contribution >= 4 is 17.9 Å². The van der Waals surface area contributed by atoms with Crippen molar-refractivity contribution in [1.82, 2.24) is 0 Å². The zero-order valence-electron chi connectivity index (χ0n) is 13.5. The molecule has 3 nitrogen and oxygen atoms in total. The molecule has 0 aliphatic heterocycles. The van der Waals surface area contributed by atoms with Crippen molar-refractivity contribution in [2.75, 3.05) is 7.11 Å². The Morgan fingerprint density at radius 1 is 1.00 bits per heavy atom. The van der Waals surface area contributed by atoms with E-state index in [9.17, 15) is 9.90 Å². The summed E-state index contributed by atoms with van der Waals surface area (Å²) in [5.41, 5.74) is 3.94. The van der Waals surface area contributed by atoms with Gasteiger partial charge in [0.25, 0.3) is 0 Å². The standard InChI is InChI=1S/C20H20O3/c1-14-4-5-16(12-15(14)2)6-8-18(21)9-7-17-13-19(23-3)10-11-20(17)22/h4-13,22H,1-3H3/b8-6+,9-7+. The Kier molecular flexibility index (Phi) is 5.36. The van der Waals surface area contributed by atoms with Crippen molar-refractivity contribution in [3.05, 3.63) is 70.8 Å². The van der Waals surface area contributed by atoms with E-state index in [0.717, 1.165) is 5.56 Å². The van der Waals surface area contributed by atoms with Gasteiger partial charge in [-0.05, 0) is 67.0 Å². The molecule has 0 amide bonds. The minimum atomic E-state index is -0.148. The lowest BCUT2D eigenvalue weighted by molar-refractivity contribution is -0.110. The van der Waals surface area contributed by atoms with Crippen LogP contribution in [0.15, 0.2) is 48.6 Å². The molecule has 2 rings (SSSR count). The zero-order chi connectivity index (χ0) is 16.8. The van der Waals surface area contributed by atoms with Crippen LogP contribution in [-0.4, -0.2) is 18.0 Å². The number of hydrogen-bond acceptors (Lipinski definition) is 3. The molecule has 0 bridgehead atoms. The molecule has 0 aliphatic carbocycles. The number of phenolic OH excluding ortho intramolecular Hbond substituents is 1. The molecule has 1 N–H and O–H groups in total. The molecule has 118 valence electrons. The normalized spacial score (nSPS) is 11.3. The minimum absolute atomic E-state index is 0.105. The van der Waals surface area contributed by atoms with E-state index in [1.165, 1.54) is 29.3 Å². The molecule has 0 atom stereocenters. The number of phenols is 1. The van der Waals surface area contributed by atoms with E-state index >= 15 is 0 Å². The van der Waals surface area contributed by atoms with E-state index in [4.69, 9.17) is 4.74 Å². The highest BCUT2D eigenvalue weighted by molar-refractivity contribution is 6.04. The number of hydrogen-bond donors (Lipinski definition) is 1. The van der Waals surface area contributed by atoms with Crippen molar-refractivity contribution in [3.8, 4) is 11.5 Å². The van der Waals surface area contributed by atoms with Gasteiger partial charge in [0.1, 0.15) is 11.5 Å². The second-order valence-corrected chi connectivity index (χ2v) is 5.34. The third-order valence-corrected chi connectivity index (χ3v) is 3.63. The van der Waals surface area contributed by atoms with Crippen LogP contribution in [0.1, 0.15) is 22.3 Å². The van der Waals surface area contributed by atoms with Crippen molar-refractivity contribution < 1.29 is 14.6 Å². The van der Waals surface area contributed by atoms with Crippen LogP contribution >= 0.6 is 0 Å². The lowest BCUT2D eigenvalue weighted by Gasteiger charge is -2.02. The number of allylic oxidation sites excluding steroid dienone is 2. The van der Waals surface area contributed by atoms with Crippen LogP contribution in [0.4, 0.5) is 0 Å². The molecule has 0 aromatic heterocycles. The predicted octanol–water partition coefficient (Wildman–Crippen LogP) is 4.31. The molecule has 0 fully saturated rings. The summed E-state index contributed by atoms with van der Waals surface area (Å²) in [5.74, 6) is 0.582. The third kappa shape index (κ3) is 4.58. The Hall–Kier alpha value is -2.81. The van der Waals surface area contributed by atoms with Gasteiger partial charge in [0.05, 0.1) is 7.11 Å². The van der Waals surface area contributed by atoms with Gasteiger partial charge >= 0.3 is 0 Å². The first-order chi connectivity index (χ1) is 11.0. The summed E-state index contributed by atoms with van der Waals surface area (Å²) in [7, 11) is 1.55. The smallest absolute Gasteiger partial charge is 0.178 e. The fourth-order valence-electron chi connectivity index (χ4n) is 2.07. The van der Waals surface area contributed by atoms with Gasteiger partial charge < -0.3 is 9.84 Å². The molecule has 3 heteroatoms. The number of rotatable bonds is 5. The van der Waals surface area contributed by atoms with Crippen LogP contribution in [0.2, 0.25) is 0 Å². The molecule has 2 aromatic rings. The Morgan fingerprint density at radius 3 is 2.43 bits per heavy atom. The van der Waals surface area contributed by atoms with Crippen molar-refractivity contribution in [2.45, 2.75) is 13.8 Å². The van der Waals surface area contributed by atoms with Crippen molar-refractivity contribution in [3.63, 3.8) is 0 Å². The first-order valence-electron chi connectivity index (χ1n) is 7.34. The quantitative estimate of drug-likeness (QED) is 0.837. The molecular weight excluding hydrogens is 288 g/mol. The molecule has 0 saturated heterocycles. The lowest BCUT2D eigenvalue weighted by Crippen LogP contribution is -1.87. The monoisotopic (exact) mass is 308 g/mol. The number of methoxy groups -OCH3 is 1. The maximum Gasteiger partial charge on any atom is 0.178 e. The summed E-state index contributed by atoms with van der Waals surface area (Å²) in [6, 6.07) is 10.9. The Bertz CT molecular complexity index is 770. The summed E-state index contributed by atoms with van der Waals surface area (Å²) < 4.78 is 5.10. The van der Waals surface area contributed by atoms with Gasteiger partial charge in [-0.15, -0.1) is 0 Å². The van der Waals surface area contributed by atoms with Gasteiger partial charge in [0.2, 0.25) is 0 Å². The summed E-state index contributed by atoms with van der Waals surface area (Å²) >= 11 is 0. The highest BCUT2D eigenvalue weighted by Crippen LogP contribution is 2.24. The first-order valence-corrected chi connectivity index (χ1v) is 7.34. The minimum Gasteiger partial charge on any atom is -0.507 e. The maximum absolute atomic E-state index is 11.9. The first kappa shape index (κ1) is 16.6. The molecule has 0 aliphatic rings. The average Bonchev–Trinajstić information content (AvgIpc) is 2.55. The number of carbonyl (C=O) groups excluding carboxylic acids is 1. The lowest BCUT2D eigenvalue weighted by atomic mass is 10.1. The Morgan fingerprint density at radius 2 is 1.74 bits per heavy atom. The van der Waals surface area contributed by atoms with Crippen LogP contribution in [0.5, 0.6) is 11.5 Å². The van der Waals surface area contributed by atoms with Crippen LogP contribution in [0, 0.1) is 13.8 Å². The average molecular weight is 308 g/mol. The molecule has 2 aromatic carbocycles. The van der Waals surface area contributed by atoms with E-state index in [1.54, 1.807) is 31.4 Å². The van der Waals surface area contributed by atoms with Crippen LogP contribution in [-0.2, 0) is 4.79 Å². The second-order valence-electron chi connectivity index (χ2n) is 5.34. The summed E-state index contributed by atoms with van der Waals surface area (Å²) in [5, 5.41) is 9.77. The van der Waals surface area contributed by atoms with Gasteiger partial charge in [-0.2, -0.15) is 0 Å². The topological polar surface area (TPSA) is 46.5 Å². The number of aromatic hydroxyl groups is 1. The van der Waals surface area contributed by atoms with E-state index in [-0.39, 0.29) is 11.5 Å². The molecule has 0 radical (unpaired) electrons. The van der Waals surface area contributed by atoms with E-state index in [2.05, 4.69) is 6.92 Å².